The van der Waals surface area contributed by atoms with Gasteiger partial charge in [0.25, 0.3) is 0 Å². The van der Waals surface area contributed by atoms with Crippen LogP contribution in [0.15, 0.2) is 148 Å². The van der Waals surface area contributed by atoms with E-state index in [1.165, 1.54) is 21.9 Å². The van der Waals surface area contributed by atoms with Gasteiger partial charge in [0.15, 0.2) is 0 Å². The lowest BCUT2D eigenvalue weighted by atomic mass is 9.83. The van der Waals surface area contributed by atoms with E-state index < -0.39 is 0 Å². The van der Waals surface area contributed by atoms with Gasteiger partial charge in [0.05, 0.1) is 0 Å². The third-order valence-electron chi connectivity index (χ3n) is 8.91. The molecule has 0 nitrogen and oxygen atoms in total. The first-order chi connectivity index (χ1) is 28.1. The summed E-state index contributed by atoms with van der Waals surface area (Å²) in [5.74, 6) is 0. The van der Waals surface area contributed by atoms with E-state index in [2.05, 4.69) is 154 Å². The second-order valence-corrected chi connectivity index (χ2v) is 11.5. The van der Waals surface area contributed by atoms with Gasteiger partial charge in [-0.1, -0.05) is 255 Å². The van der Waals surface area contributed by atoms with Crippen molar-refractivity contribution in [1.82, 2.24) is 0 Å². The lowest BCUT2D eigenvalue weighted by molar-refractivity contribution is 1.50. The van der Waals surface area contributed by atoms with Gasteiger partial charge < -0.3 is 0 Å². The molecule has 0 heterocycles. The van der Waals surface area contributed by atoms with Crippen molar-refractivity contribution in [2.75, 3.05) is 0 Å². The normalized spacial score (nSPS) is 9.43. The lowest BCUT2D eigenvalue weighted by Gasteiger charge is -2.20. The minimum absolute atomic E-state index is 0. The second kappa shape index (κ2) is 28.4. The number of fused-ring (bicyclic) bond motifs is 1. The Bertz CT molecular complexity index is 2200. The smallest absolute Gasteiger partial charge is 0.00266 e. The molecular weight excluding hydrogens is 697 g/mol. The van der Waals surface area contributed by atoms with Crippen molar-refractivity contribution >= 4 is 47.2 Å². The van der Waals surface area contributed by atoms with Gasteiger partial charge in [-0.25, -0.2) is 0 Å². The van der Waals surface area contributed by atoms with Crippen LogP contribution in [0.3, 0.4) is 0 Å². The van der Waals surface area contributed by atoms with E-state index >= 15 is 0 Å². The second-order valence-electron chi connectivity index (χ2n) is 11.5. The van der Waals surface area contributed by atoms with Gasteiger partial charge in [0.2, 0.25) is 0 Å². The van der Waals surface area contributed by atoms with E-state index in [4.69, 9.17) is 0 Å². The fourth-order valence-corrected chi connectivity index (χ4v) is 6.68. The summed E-state index contributed by atoms with van der Waals surface area (Å²) in [7, 11) is 0. The molecule has 0 bridgehead atoms. The number of hydrogen-bond acceptors (Lipinski definition) is 0. The van der Waals surface area contributed by atoms with Crippen LogP contribution in [0.5, 0.6) is 0 Å². The van der Waals surface area contributed by atoms with Crippen molar-refractivity contribution in [3.63, 3.8) is 0 Å². The molecule has 0 fully saturated rings. The van der Waals surface area contributed by atoms with Crippen LogP contribution in [0.25, 0.3) is 91.7 Å². The third kappa shape index (κ3) is 11.8. The van der Waals surface area contributed by atoms with E-state index in [-0.39, 0.29) is 7.43 Å². The van der Waals surface area contributed by atoms with E-state index in [1.54, 1.807) is 0 Å². The molecule has 58 heavy (non-hydrogen) atoms. The summed E-state index contributed by atoms with van der Waals surface area (Å²) in [5, 5.41) is 2.36. The summed E-state index contributed by atoms with van der Waals surface area (Å²) < 4.78 is 0. The number of rotatable bonds is 10. The van der Waals surface area contributed by atoms with Crippen LogP contribution in [0.4, 0.5) is 0 Å². The van der Waals surface area contributed by atoms with Gasteiger partial charge in [0, 0.05) is 0 Å². The molecule has 0 aliphatic heterocycles. The summed E-state index contributed by atoms with van der Waals surface area (Å²) in [5.41, 5.74) is 15.8. The van der Waals surface area contributed by atoms with Crippen molar-refractivity contribution in [3.8, 4) is 44.5 Å². The lowest BCUT2D eigenvalue weighted by Crippen LogP contribution is -1.96. The highest BCUT2D eigenvalue weighted by molar-refractivity contribution is 6.11. The predicted octanol–water partition coefficient (Wildman–Crippen LogP) is 19.5. The average molecular weight is 769 g/mol. The van der Waals surface area contributed by atoms with Gasteiger partial charge >= 0.3 is 0 Å². The maximum absolute atomic E-state index is 4.29. The first-order valence-corrected chi connectivity index (χ1v) is 20.9. The number of allylic oxidation sites excluding steroid dienone is 1. The molecule has 0 aliphatic rings. The van der Waals surface area contributed by atoms with Crippen LogP contribution in [0.1, 0.15) is 117 Å². The monoisotopic (exact) mass is 769 g/mol. The molecule has 0 N–H and O–H groups in total. The molecule has 0 aliphatic carbocycles. The maximum atomic E-state index is 4.29. The van der Waals surface area contributed by atoms with Gasteiger partial charge in [-0.3, -0.25) is 0 Å². The zero-order valence-electron chi connectivity index (χ0n) is 37.0. The maximum Gasteiger partial charge on any atom is -0.00266 e. The Kier molecular flexibility index (Phi) is 25.5. The Morgan fingerprint density at radius 3 is 1.19 bits per heavy atom. The highest BCUT2D eigenvalue weighted by Gasteiger charge is 2.19. The largest absolute Gasteiger partial charge is 0.0984 e. The van der Waals surface area contributed by atoms with Crippen molar-refractivity contribution in [2.45, 2.75) is 83.6 Å². The van der Waals surface area contributed by atoms with Crippen LogP contribution in [0, 0.1) is 0 Å². The quantitative estimate of drug-likeness (QED) is 0.130. The molecule has 0 spiro atoms. The van der Waals surface area contributed by atoms with E-state index in [9.17, 15) is 0 Å². The van der Waals surface area contributed by atoms with Crippen molar-refractivity contribution in [1.29, 1.82) is 0 Å². The fourth-order valence-electron chi connectivity index (χ4n) is 6.68. The summed E-state index contributed by atoms with van der Waals surface area (Å²) >= 11 is 0. The number of benzene rings is 6. The van der Waals surface area contributed by atoms with Gasteiger partial charge in [0.1, 0.15) is 0 Å². The van der Waals surface area contributed by atoms with Crippen LogP contribution >= 0.6 is 0 Å². The SMILES string of the molecule is C.C=Cc1ccc(-c2ccc(-c3c(C=C)c(C=C)c(-c4ccc(-c5cccc(C=C)c5C=C)cc4)c4ccccc34)cc2)cc1/C=C\C.CC.CC.CC.CC.CC. The zero-order chi connectivity index (χ0) is 42.9. The van der Waals surface area contributed by atoms with Gasteiger partial charge in [-0.2, -0.15) is 0 Å². The standard InChI is InChI=1S/C47H38.5C2H6.CH4/c1-7-16-38-31-39(30-21-32(38)8-2)34-22-26-36(27-23-34)46-41(11-5)42(12-6)47(45-19-14-13-18-44(45)46)37-28-24-35(25-29-37)43-20-15-17-33(9-3)40(43)10-4;5*1-2;/h7-31H,2-6H2,1H3;5*1-2H3;1H4/b16-7-;;;;;;. The Morgan fingerprint density at radius 2 is 0.776 bits per heavy atom. The molecule has 304 valence electrons. The number of hydrogen-bond donors (Lipinski definition) is 0. The first-order valence-electron chi connectivity index (χ1n) is 20.9. The van der Waals surface area contributed by atoms with E-state index in [0.29, 0.717) is 0 Å². The molecule has 0 saturated heterocycles. The molecule has 6 aromatic rings. The Labute approximate surface area is 355 Å². The zero-order valence-corrected chi connectivity index (χ0v) is 37.0. The molecule has 0 heteroatoms. The molecule has 0 saturated carbocycles. The average Bonchev–Trinajstić information content (AvgIpc) is 3.31. The topological polar surface area (TPSA) is 0 Å². The van der Waals surface area contributed by atoms with Crippen molar-refractivity contribution < 1.29 is 0 Å². The molecule has 0 amide bonds. The predicted molar refractivity (Wildman–Crippen MR) is 274 cm³/mol. The van der Waals surface area contributed by atoms with E-state index in [0.717, 1.165) is 66.8 Å². The van der Waals surface area contributed by atoms with Gasteiger partial charge in [-0.15, -0.1) is 0 Å². The Balaban J connectivity index is 0.00000275. The van der Waals surface area contributed by atoms with E-state index in [1.807, 2.05) is 107 Å². The molecule has 0 aromatic heterocycles. The Hall–Kier alpha value is -5.98. The molecule has 6 aromatic carbocycles. The molecule has 0 atom stereocenters. The molecular formula is C58H72. The minimum Gasteiger partial charge on any atom is -0.0984 e. The minimum atomic E-state index is 0. The highest BCUT2D eigenvalue weighted by Crippen LogP contribution is 2.44. The molecule has 6 rings (SSSR count). The summed E-state index contributed by atoms with van der Waals surface area (Å²) in [4.78, 5) is 0. The first kappa shape index (κ1) is 52.0. The third-order valence-corrected chi connectivity index (χ3v) is 8.91. The molecule has 0 unspecified atom stereocenters. The van der Waals surface area contributed by atoms with Crippen LogP contribution in [-0.2, 0) is 0 Å². The van der Waals surface area contributed by atoms with Crippen LogP contribution in [0.2, 0.25) is 0 Å². The summed E-state index contributed by atoms with van der Waals surface area (Å²) in [6.07, 6.45) is 13.8. The summed E-state index contributed by atoms with van der Waals surface area (Å²) in [6.45, 7) is 42.6. The van der Waals surface area contributed by atoms with Crippen LogP contribution in [-0.4, -0.2) is 0 Å². The fraction of sp³-hybridized carbons (Fsp3) is 0.207. The van der Waals surface area contributed by atoms with Crippen LogP contribution < -0.4 is 0 Å². The van der Waals surface area contributed by atoms with Gasteiger partial charge in [-0.05, 0) is 102 Å². The van der Waals surface area contributed by atoms with Crippen molar-refractivity contribution in [2.24, 2.45) is 0 Å². The molecule has 0 radical (unpaired) electrons. The van der Waals surface area contributed by atoms with Crippen molar-refractivity contribution in [3.05, 3.63) is 182 Å². The summed E-state index contributed by atoms with van der Waals surface area (Å²) in [6, 6.07) is 39.1. The highest BCUT2D eigenvalue weighted by atomic mass is 14.2. The Morgan fingerprint density at radius 1 is 0.362 bits per heavy atom.